The zero-order chi connectivity index (χ0) is 18.4. The summed E-state index contributed by atoms with van der Waals surface area (Å²) in [4.78, 5) is 12.3. The lowest BCUT2D eigenvalue weighted by atomic mass is 10.1. The van der Waals surface area contributed by atoms with Crippen LogP contribution in [-0.2, 0) is 4.79 Å². The number of phenols is 1. The number of carbonyl (C=O) groups excluding carboxylic acids is 1. The lowest BCUT2D eigenvalue weighted by molar-refractivity contribution is -0.112. The van der Waals surface area contributed by atoms with E-state index < -0.39 is 5.91 Å². The Labute approximate surface area is 147 Å². The summed E-state index contributed by atoms with van der Waals surface area (Å²) in [6.07, 6.45) is 1.46. The Hall–Kier alpha value is -3.26. The molecule has 2 aromatic rings. The maximum atomic E-state index is 12.3. The molecule has 5 nitrogen and oxygen atoms in total. The van der Waals surface area contributed by atoms with Gasteiger partial charge in [0, 0.05) is 5.69 Å². The molecule has 0 aliphatic rings. The van der Waals surface area contributed by atoms with Gasteiger partial charge >= 0.3 is 0 Å². The number of aromatic hydroxyl groups is 1. The van der Waals surface area contributed by atoms with Crippen molar-refractivity contribution in [1.82, 2.24) is 0 Å². The molecule has 0 unspecified atom stereocenters. The van der Waals surface area contributed by atoms with Crippen LogP contribution in [0.1, 0.15) is 23.6 Å². The van der Waals surface area contributed by atoms with Crippen LogP contribution in [0.4, 0.5) is 5.69 Å². The molecule has 0 atom stereocenters. The SMILES string of the molecule is CCOc1cc(C=C(C#N)C(=O)Nc2ccc(C)c(C)c2)ccc1O. The first-order valence-corrected chi connectivity index (χ1v) is 7.90. The van der Waals surface area contributed by atoms with Gasteiger partial charge in [0.25, 0.3) is 5.91 Å². The van der Waals surface area contributed by atoms with Crippen LogP contribution in [0.25, 0.3) is 6.08 Å². The smallest absolute Gasteiger partial charge is 0.266 e. The molecule has 2 N–H and O–H groups in total. The third-order valence-corrected chi connectivity index (χ3v) is 3.72. The van der Waals surface area contributed by atoms with E-state index in [4.69, 9.17) is 4.74 Å². The summed E-state index contributed by atoms with van der Waals surface area (Å²) < 4.78 is 5.31. The number of hydrogen-bond acceptors (Lipinski definition) is 4. The van der Waals surface area contributed by atoms with E-state index in [2.05, 4.69) is 5.32 Å². The summed E-state index contributed by atoms with van der Waals surface area (Å²) >= 11 is 0. The summed E-state index contributed by atoms with van der Waals surface area (Å²) in [5.74, 6) is -0.169. The minimum Gasteiger partial charge on any atom is -0.504 e. The summed E-state index contributed by atoms with van der Waals surface area (Å²) in [5.41, 5.74) is 3.37. The van der Waals surface area contributed by atoms with Gasteiger partial charge in [-0.2, -0.15) is 5.26 Å². The fourth-order valence-electron chi connectivity index (χ4n) is 2.22. The molecule has 0 bridgehead atoms. The van der Waals surface area contributed by atoms with E-state index in [0.29, 0.717) is 23.6 Å². The van der Waals surface area contributed by atoms with Gasteiger partial charge in [0.05, 0.1) is 6.61 Å². The van der Waals surface area contributed by atoms with Gasteiger partial charge in [0.1, 0.15) is 11.6 Å². The van der Waals surface area contributed by atoms with Crippen LogP contribution in [0, 0.1) is 25.2 Å². The lowest BCUT2D eigenvalue weighted by Gasteiger charge is -2.08. The molecular formula is C20H20N2O3. The highest BCUT2D eigenvalue weighted by Gasteiger charge is 2.11. The van der Waals surface area contributed by atoms with Crippen LogP contribution in [-0.4, -0.2) is 17.6 Å². The van der Waals surface area contributed by atoms with Gasteiger partial charge in [-0.3, -0.25) is 4.79 Å². The van der Waals surface area contributed by atoms with Crippen molar-refractivity contribution in [1.29, 1.82) is 5.26 Å². The number of benzene rings is 2. The first-order valence-electron chi connectivity index (χ1n) is 7.90. The van der Waals surface area contributed by atoms with Gasteiger partial charge in [-0.1, -0.05) is 12.1 Å². The topological polar surface area (TPSA) is 82.3 Å². The normalized spacial score (nSPS) is 10.9. The van der Waals surface area contributed by atoms with Gasteiger partial charge in [-0.05, 0) is 67.8 Å². The van der Waals surface area contributed by atoms with Crippen LogP contribution >= 0.6 is 0 Å². The number of amides is 1. The molecule has 0 saturated heterocycles. The second-order valence-corrected chi connectivity index (χ2v) is 5.58. The van der Waals surface area contributed by atoms with Crippen LogP contribution in [0.2, 0.25) is 0 Å². The molecule has 5 heteroatoms. The molecule has 2 rings (SSSR count). The van der Waals surface area contributed by atoms with Crippen LogP contribution in [0.15, 0.2) is 42.0 Å². The van der Waals surface area contributed by atoms with Crippen molar-refractivity contribution >= 4 is 17.7 Å². The van der Waals surface area contributed by atoms with Gasteiger partial charge in [-0.15, -0.1) is 0 Å². The Morgan fingerprint density at radius 1 is 1.24 bits per heavy atom. The largest absolute Gasteiger partial charge is 0.504 e. The Morgan fingerprint density at radius 2 is 2.00 bits per heavy atom. The molecular weight excluding hydrogens is 316 g/mol. The predicted molar refractivity (Wildman–Crippen MR) is 97.4 cm³/mol. The van der Waals surface area contributed by atoms with Gasteiger partial charge in [-0.25, -0.2) is 0 Å². The highest BCUT2D eigenvalue weighted by atomic mass is 16.5. The van der Waals surface area contributed by atoms with Crippen molar-refractivity contribution in [2.24, 2.45) is 0 Å². The van der Waals surface area contributed by atoms with Crippen molar-refractivity contribution in [3.63, 3.8) is 0 Å². The maximum absolute atomic E-state index is 12.3. The van der Waals surface area contributed by atoms with Crippen LogP contribution in [0.5, 0.6) is 11.5 Å². The molecule has 0 aliphatic carbocycles. The van der Waals surface area contributed by atoms with Crippen molar-refractivity contribution in [3.05, 3.63) is 58.7 Å². The number of aryl methyl sites for hydroxylation is 2. The molecule has 2 aromatic carbocycles. The molecule has 25 heavy (non-hydrogen) atoms. The van der Waals surface area contributed by atoms with E-state index in [0.717, 1.165) is 11.1 Å². The minimum absolute atomic E-state index is 0.0112. The molecule has 0 spiro atoms. The monoisotopic (exact) mass is 336 g/mol. The van der Waals surface area contributed by atoms with E-state index in [1.54, 1.807) is 25.1 Å². The summed E-state index contributed by atoms with van der Waals surface area (Å²) in [7, 11) is 0. The molecule has 128 valence electrons. The highest BCUT2D eigenvalue weighted by Crippen LogP contribution is 2.27. The van der Waals surface area contributed by atoms with Crippen molar-refractivity contribution in [3.8, 4) is 17.6 Å². The molecule has 0 aliphatic heterocycles. The number of phenolic OH excluding ortho intramolecular Hbond substituents is 1. The first kappa shape index (κ1) is 18.1. The van der Waals surface area contributed by atoms with E-state index in [-0.39, 0.29) is 11.3 Å². The summed E-state index contributed by atoms with van der Waals surface area (Å²) in [5, 5.41) is 21.7. The van der Waals surface area contributed by atoms with Crippen molar-refractivity contribution < 1.29 is 14.6 Å². The van der Waals surface area contributed by atoms with Gasteiger partial charge < -0.3 is 15.2 Å². The highest BCUT2D eigenvalue weighted by molar-refractivity contribution is 6.09. The summed E-state index contributed by atoms with van der Waals surface area (Å²) in [6, 6.07) is 12.1. The number of nitrogens with one attached hydrogen (secondary N) is 1. The molecule has 0 aromatic heterocycles. The Balaban J connectivity index is 2.24. The first-order chi connectivity index (χ1) is 11.9. The number of carbonyl (C=O) groups is 1. The fourth-order valence-corrected chi connectivity index (χ4v) is 2.22. The van der Waals surface area contributed by atoms with Crippen molar-refractivity contribution in [2.75, 3.05) is 11.9 Å². The zero-order valence-corrected chi connectivity index (χ0v) is 14.5. The average molecular weight is 336 g/mol. The zero-order valence-electron chi connectivity index (χ0n) is 14.5. The standard InChI is InChI=1S/C20H20N2O3/c1-4-25-19-11-15(6-8-18(19)23)10-16(12-21)20(24)22-17-7-5-13(2)14(3)9-17/h5-11,23H,4H2,1-3H3,(H,22,24). The van der Waals surface area contributed by atoms with Gasteiger partial charge in [0.15, 0.2) is 11.5 Å². The summed E-state index contributed by atoms with van der Waals surface area (Å²) in [6.45, 7) is 6.15. The minimum atomic E-state index is -0.489. The molecule has 0 saturated carbocycles. The Bertz CT molecular complexity index is 864. The number of rotatable bonds is 5. The molecule has 1 amide bonds. The van der Waals surface area contributed by atoms with Gasteiger partial charge in [0.2, 0.25) is 0 Å². The number of ether oxygens (including phenoxy) is 1. The Kier molecular flexibility index (Phi) is 5.80. The van der Waals surface area contributed by atoms with Crippen molar-refractivity contribution in [2.45, 2.75) is 20.8 Å². The third-order valence-electron chi connectivity index (χ3n) is 3.72. The quantitative estimate of drug-likeness (QED) is 0.640. The average Bonchev–Trinajstić information content (AvgIpc) is 2.58. The molecule has 0 radical (unpaired) electrons. The second-order valence-electron chi connectivity index (χ2n) is 5.58. The second kappa shape index (κ2) is 8.02. The third kappa shape index (κ3) is 4.61. The van der Waals surface area contributed by atoms with E-state index in [1.807, 2.05) is 32.0 Å². The predicted octanol–water partition coefficient (Wildman–Crippen LogP) is 3.95. The van der Waals surface area contributed by atoms with E-state index in [1.165, 1.54) is 12.1 Å². The number of anilines is 1. The van der Waals surface area contributed by atoms with E-state index >= 15 is 0 Å². The number of nitriles is 1. The van der Waals surface area contributed by atoms with Crippen LogP contribution < -0.4 is 10.1 Å². The number of nitrogens with zero attached hydrogens (tertiary/aromatic N) is 1. The fraction of sp³-hybridized carbons (Fsp3) is 0.200. The number of hydrogen-bond donors (Lipinski definition) is 2. The van der Waals surface area contributed by atoms with Crippen LogP contribution in [0.3, 0.4) is 0 Å². The molecule has 0 heterocycles. The molecule has 0 fully saturated rings. The maximum Gasteiger partial charge on any atom is 0.266 e. The van der Waals surface area contributed by atoms with E-state index in [9.17, 15) is 15.2 Å². The Morgan fingerprint density at radius 3 is 2.64 bits per heavy atom. The lowest BCUT2D eigenvalue weighted by Crippen LogP contribution is -2.13.